The van der Waals surface area contributed by atoms with Crippen LogP contribution < -0.4 is 4.80 Å². The Bertz CT molecular complexity index is 657. The lowest BCUT2D eigenvalue weighted by molar-refractivity contribution is -0.0330. The minimum absolute atomic E-state index is 0.380. The number of aromatic nitrogens is 1. The first-order chi connectivity index (χ1) is 11.3. The van der Waals surface area contributed by atoms with Gasteiger partial charge < -0.3 is 14.0 Å². The van der Waals surface area contributed by atoms with Crippen molar-refractivity contribution in [2.24, 2.45) is 4.99 Å². The Morgan fingerprint density at radius 1 is 1.26 bits per heavy atom. The molecule has 1 aromatic carbocycles. The van der Waals surface area contributed by atoms with Crippen LogP contribution in [0.2, 0.25) is 0 Å². The maximum atomic E-state index is 5.96. The molecule has 0 unspecified atom stereocenters. The Morgan fingerprint density at radius 2 is 2.04 bits per heavy atom. The Balaban J connectivity index is 1.57. The van der Waals surface area contributed by atoms with Crippen molar-refractivity contribution in [2.45, 2.75) is 38.8 Å². The number of ether oxygens (including phenoxy) is 2. The normalized spacial score (nSPS) is 16.8. The summed E-state index contributed by atoms with van der Waals surface area (Å²) in [5, 5.41) is 2.17. The van der Waals surface area contributed by atoms with Crippen molar-refractivity contribution < 1.29 is 9.47 Å². The van der Waals surface area contributed by atoms with Crippen molar-refractivity contribution in [3.8, 4) is 0 Å². The third-order valence-corrected chi connectivity index (χ3v) is 5.00. The molecule has 1 aliphatic heterocycles. The van der Waals surface area contributed by atoms with Crippen LogP contribution >= 0.6 is 11.3 Å². The van der Waals surface area contributed by atoms with Crippen LogP contribution in [0.1, 0.15) is 25.0 Å². The molecule has 0 radical (unpaired) electrons. The van der Waals surface area contributed by atoms with Gasteiger partial charge in [-0.3, -0.25) is 0 Å². The van der Waals surface area contributed by atoms with Crippen LogP contribution in [0.25, 0.3) is 0 Å². The molecular formula is C18H24N2O2S. The number of para-hydroxylation sites is 1. The molecule has 0 aliphatic carbocycles. The van der Waals surface area contributed by atoms with E-state index in [4.69, 9.17) is 14.5 Å². The van der Waals surface area contributed by atoms with E-state index in [1.165, 1.54) is 5.69 Å². The number of rotatable bonds is 6. The lowest BCUT2D eigenvalue weighted by Crippen LogP contribution is -2.24. The lowest BCUT2D eigenvalue weighted by atomic mass is 10.1. The van der Waals surface area contributed by atoms with E-state index in [1.54, 1.807) is 11.3 Å². The summed E-state index contributed by atoms with van der Waals surface area (Å²) in [4.78, 5) is 5.81. The van der Waals surface area contributed by atoms with E-state index in [0.717, 1.165) is 56.1 Å². The molecule has 0 amide bonds. The average molecular weight is 332 g/mol. The fraction of sp³-hybridized carbons (Fsp3) is 0.500. The molecule has 1 aromatic heterocycles. The lowest BCUT2D eigenvalue weighted by Gasteiger charge is -2.22. The van der Waals surface area contributed by atoms with Gasteiger partial charge in [0.1, 0.15) is 0 Å². The van der Waals surface area contributed by atoms with Gasteiger partial charge in [0.15, 0.2) is 4.80 Å². The predicted octanol–water partition coefficient (Wildman–Crippen LogP) is 3.68. The maximum absolute atomic E-state index is 5.96. The third kappa shape index (κ3) is 4.77. The van der Waals surface area contributed by atoms with Crippen LogP contribution in [0.4, 0.5) is 5.69 Å². The second-order valence-corrected chi connectivity index (χ2v) is 6.63. The molecule has 124 valence electrons. The molecule has 1 saturated heterocycles. The molecule has 0 bridgehead atoms. The van der Waals surface area contributed by atoms with Crippen LogP contribution in [-0.4, -0.2) is 30.5 Å². The van der Waals surface area contributed by atoms with Crippen molar-refractivity contribution in [1.29, 1.82) is 0 Å². The number of hydrogen-bond acceptors (Lipinski definition) is 4. The molecule has 1 fully saturated rings. The highest BCUT2D eigenvalue weighted by atomic mass is 32.1. The van der Waals surface area contributed by atoms with Gasteiger partial charge in [0.25, 0.3) is 0 Å². The number of aryl methyl sites for hydroxylation is 1. The zero-order valence-electron chi connectivity index (χ0n) is 13.6. The summed E-state index contributed by atoms with van der Waals surface area (Å²) >= 11 is 1.70. The Kier molecular flexibility index (Phi) is 6.02. The topological polar surface area (TPSA) is 35.8 Å². The van der Waals surface area contributed by atoms with Gasteiger partial charge in [0.2, 0.25) is 0 Å². The van der Waals surface area contributed by atoms with Gasteiger partial charge in [-0.15, -0.1) is 11.3 Å². The Labute approximate surface area is 141 Å². The SMILES string of the molecule is Cc1csc(=Nc2ccccc2)n1CCCOC1CCOCC1. The van der Waals surface area contributed by atoms with Crippen LogP contribution in [0, 0.1) is 6.92 Å². The molecule has 23 heavy (non-hydrogen) atoms. The zero-order valence-corrected chi connectivity index (χ0v) is 14.4. The standard InChI is InChI=1S/C18H24N2O2S/c1-15-14-23-18(19-16-6-3-2-4-7-16)20(15)10-5-11-22-17-8-12-21-13-9-17/h2-4,6-7,14,17H,5,8-13H2,1H3. The van der Waals surface area contributed by atoms with E-state index in [0.29, 0.717) is 6.10 Å². The molecule has 3 rings (SSSR count). The summed E-state index contributed by atoms with van der Waals surface area (Å²) in [7, 11) is 0. The first kappa shape index (κ1) is 16.4. The van der Waals surface area contributed by atoms with Crippen LogP contribution in [0.3, 0.4) is 0 Å². The average Bonchev–Trinajstić information content (AvgIpc) is 2.94. The minimum atomic E-state index is 0.380. The van der Waals surface area contributed by atoms with Crippen LogP contribution in [0.15, 0.2) is 40.7 Å². The van der Waals surface area contributed by atoms with E-state index in [1.807, 2.05) is 30.3 Å². The first-order valence-electron chi connectivity index (χ1n) is 8.27. The number of nitrogens with zero attached hydrogens (tertiary/aromatic N) is 2. The van der Waals surface area contributed by atoms with Gasteiger partial charge in [-0.25, -0.2) is 4.99 Å². The molecule has 0 spiro atoms. The molecule has 0 N–H and O–H groups in total. The second kappa shape index (κ2) is 8.43. The highest BCUT2D eigenvalue weighted by Gasteiger charge is 2.13. The van der Waals surface area contributed by atoms with Crippen molar-refractivity contribution in [1.82, 2.24) is 4.57 Å². The van der Waals surface area contributed by atoms with Gasteiger partial charge in [0.05, 0.1) is 11.8 Å². The van der Waals surface area contributed by atoms with E-state index in [2.05, 4.69) is 16.9 Å². The summed E-state index contributed by atoms with van der Waals surface area (Å²) in [5.74, 6) is 0. The predicted molar refractivity (Wildman–Crippen MR) is 93.1 cm³/mol. The minimum Gasteiger partial charge on any atom is -0.381 e. The molecular weight excluding hydrogens is 308 g/mol. The van der Waals surface area contributed by atoms with Gasteiger partial charge in [0, 0.05) is 37.4 Å². The van der Waals surface area contributed by atoms with Crippen molar-refractivity contribution in [2.75, 3.05) is 19.8 Å². The summed E-state index contributed by atoms with van der Waals surface area (Å²) in [5.41, 5.74) is 2.26. The molecule has 5 heteroatoms. The molecule has 4 nitrogen and oxygen atoms in total. The van der Waals surface area contributed by atoms with Crippen molar-refractivity contribution in [3.63, 3.8) is 0 Å². The van der Waals surface area contributed by atoms with Gasteiger partial charge in [-0.05, 0) is 38.3 Å². The van der Waals surface area contributed by atoms with Crippen LogP contribution in [0.5, 0.6) is 0 Å². The number of hydrogen-bond donors (Lipinski definition) is 0. The molecule has 0 saturated carbocycles. The summed E-state index contributed by atoms with van der Waals surface area (Å²) in [6.07, 6.45) is 3.45. The van der Waals surface area contributed by atoms with Gasteiger partial charge in [-0.2, -0.15) is 0 Å². The fourth-order valence-corrected chi connectivity index (χ4v) is 3.63. The smallest absolute Gasteiger partial charge is 0.190 e. The largest absolute Gasteiger partial charge is 0.381 e. The third-order valence-electron chi connectivity index (χ3n) is 4.02. The van der Waals surface area contributed by atoms with E-state index in [-0.39, 0.29) is 0 Å². The monoisotopic (exact) mass is 332 g/mol. The zero-order chi connectivity index (χ0) is 15.9. The summed E-state index contributed by atoms with van der Waals surface area (Å²) in [6, 6.07) is 10.1. The van der Waals surface area contributed by atoms with E-state index >= 15 is 0 Å². The Hall–Kier alpha value is -1.43. The highest BCUT2D eigenvalue weighted by molar-refractivity contribution is 7.07. The summed E-state index contributed by atoms with van der Waals surface area (Å²) < 4.78 is 13.6. The highest BCUT2D eigenvalue weighted by Crippen LogP contribution is 2.12. The second-order valence-electron chi connectivity index (χ2n) is 5.79. The van der Waals surface area contributed by atoms with Gasteiger partial charge >= 0.3 is 0 Å². The Morgan fingerprint density at radius 3 is 2.83 bits per heavy atom. The maximum Gasteiger partial charge on any atom is 0.190 e. The molecule has 0 atom stereocenters. The summed E-state index contributed by atoms with van der Waals surface area (Å²) in [6.45, 7) is 5.56. The quantitative estimate of drug-likeness (QED) is 0.757. The van der Waals surface area contributed by atoms with Gasteiger partial charge in [-0.1, -0.05) is 18.2 Å². The molecule has 2 heterocycles. The first-order valence-corrected chi connectivity index (χ1v) is 9.15. The van der Waals surface area contributed by atoms with Crippen LogP contribution in [-0.2, 0) is 16.0 Å². The number of benzene rings is 1. The fourth-order valence-electron chi connectivity index (χ4n) is 2.70. The van der Waals surface area contributed by atoms with Crippen molar-refractivity contribution in [3.05, 3.63) is 46.2 Å². The molecule has 2 aromatic rings. The van der Waals surface area contributed by atoms with E-state index < -0.39 is 0 Å². The van der Waals surface area contributed by atoms with Crippen molar-refractivity contribution >= 4 is 17.0 Å². The van der Waals surface area contributed by atoms with E-state index in [9.17, 15) is 0 Å². The number of thiazole rings is 1. The molecule has 1 aliphatic rings.